The van der Waals surface area contributed by atoms with Crippen LogP contribution in [0.4, 0.5) is 0 Å². The van der Waals surface area contributed by atoms with Gasteiger partial charge in [0.25, 0.3) is 5.91 Å². The molecule has 3 aromatic carbocycles. The molecule has 2 aliphatic heterocycles. The summed E-state index contributed by atoms with van der Waals surface area (Å²) in [5.74, 6) is 0.696. The number of fused-ring (bicyclic) bond motifs is 1. The minimum atomic E-state index is -0.396. The number of hydrogen-bond acceptors (Lipinski definition) is 4. The average molecular weight is 505 g/mol. The van der Waals surface area contributed by atoms with E-state index in [1.165, 1.54) is 11.1 Å². The van der Waals surface area contributed by atoms with E-state index in [0.717, 1.165) is 12.0 Å². The molecule has 186 valence electrons. The van der Waals surface area contributed by atoms with Gasteiger partial charge in [0, 0.05) is 48.2 Å². The number of ether oxygens (including phenoxy) is 2. The Morgan fingerprint density at radius 3 is 2.36 bits per heavy atom. The molecule has 0 N–H and O–H groups in total. The minimum absolute atomic E-state index is 0.0609. The number of carbonyl (C=O) groups excluding carboxylic acids is 2. The Morgan fingerprint density at radius 1 is 0.889 bits per heavy atom. The zero-order valence-electron chi connectivity index (χ0n) is 20.4. The van der Waals surface area contributed by atoms with E-state index in [2.05, 4.69) is 12.1 Å². The highest BCUT2D eigenvalue weighted by Gasteiger charge is 2.43. The molecule has 2 heterocycles. The number of hydrogen-bond donors (Lipinski definition) is 0. The highest BCUT2D eigenvalue weighted by atomic mass is 35.5. The average Bonchev–Trinajstić information content (AvgIpc) is 3.37. The van der Waals surface area contributed by atoms with Crippen LogP contribution in [0, 0.1) is 5.92 Å². The predicted octanol–water partition coefficient (Wildman–Crippen LogP) is 4.80. The Labute approximate surface area is 216 Å². The van der Waals surface area contributed by atoms with E-state index in [4.69, 9.17) is 21.1 Å². The molecule has 0 aliphatic carbocycles. The van der Waals surface area contributed by atoms with Gasteiger partial charge in [0.2, 0.25) is 5.91 Å². The Morgan fingerprint density at radius 2 is 1.64 bits per heavy atom. The molecule has 0 saturated carbocycles. The summed E-state index contributed by atoms with van der Waals surface area (Å²) in [6.45, 7) is 1.99. The first kappa shape index (κ1) is 24.2. The molecule has 1 fully saturated rings. The molecule has 0 aromatic heterocycles. The van der Waals surface area contributed by atoms with Gasteiger partial charge >= 0.3 is 0 Å². The molecule has 2 aliphatic rings. The monoisotopic (exact) mass is 504 g/mol. The fourth-order valence-electron chi connectivity index (χ4n) is 5.36. The maximum atomic E-state index is 14.0. The van der Waals surface area contributed by atoms with E-state index in [-0.39, 0.29) is 17.7 Å². The van der Waals surface area contributed by atoms with Gasteiger partial charge in [-0.05, 0) is 60.0 Å². The first-order chi connectivity index (χ1) is 17.5. The normalized spacial score (nSPS) is 19.1. The molecule has 6 nitrogen and oxygen atoms in total. The molecule has 36 heavy (non-hydrogen) atoms. The number of halogens is 1. The fourth-order valence-corrected chi connectivity index (χ4v) is 5.48. The number of nitrogens with zero attached hydrogens (tertiary/aromatic N) is 2. The molecule has 2 atom stereocenters. The molecule has 0 spiro atoms. The first-order valence-electron chi connectivity index (χ1n) is 12.1. The Hall–Kier alpha value is -3.51. The largest absolute Gasteiger partial charge is 0.497 e. The quantitative estimate of drug-likeness (QED) is 0.501. The van der Waals surface area contributed by atoms with Crippen molar-refractivity contribution in [2.24, 2.45) is 5.92 Å². The van der Waals surface area contributed by atoms with Gasteiger partial charge in [-0.3, -0.25) is 9.59 Å². The number of methoxy groups -OCH3 is 2. The Kier molecular flexibility index (Phi) is 6.88. The van der Waals surface area contributed by atoms with Gasteiger partial charge in [0.15, 0.2) is 0 Å². The van der Waals surface area contributed by atoms with Crippen molar-refractivity contribution in [3.05, 3.63) is 94.0 Å². The molecule has 0 radical (unpaired) electrons. The third-order valence-electron chi connectivity index (χ3n) is 7.29. The molecule has 0 unspecified atom stereocenters. The van der Waals surface area contributed by atoms with Gasteiger partial charge in [-0.15, -0.1) is 0 Å². The van der Waals surface area contributed by atoms with E-state index in [1.54, 1.807) is 43.4 Å². The lowest BCUT2D eigenvalue weighted by Gasteiger charge is -2.32. The first-order valence-corrected chi connectivity index (χ1v) is 12.5. The molecule has 2 amide bonds. The van der Waals surface area contributed by atoms with Crippen LogP contribution >= 0.6 is 11.6 Å². The van der Waals surface area contributed by atoms with Crippen LogP contribution in [-0.2, 0) is 17.8 Å². The van der Waals surface area contributed by atoms with Crippen LogP contribution in [0.1, 0.15) is 33.0 Å². The SMILES string of the molecule is COc1ccc(OC)c([C@@H]2CN(C(=O)c3ccc(Cl)cc3)C[C@H]2C(=O)N2CCc3ccccc3C2)c1. The van der Waals surface area contributed by atoms with Crippen molar-refractivity contribution in [3.63, 3.8) is 0 Å². The van der Waals surface area contributed by atoms with E-state index in [0.29, 0.717) is 48.3 Å². The molecule has 0 bridgehead atoms. The van der Waals surface area contributed by atoms with Crippen LogP contribution < -0.4 is 9.47 Å². The predicted molar refractivity (Wildman–Crippen MR) is 139 cm³/mol. The standard InChI is InChI=1S/C29H29ClN2O4/c1-35-23-11-12-27(36-2)24(15-23)25-17-32(28(33)20-7-9-22(30)10-8-20)18-26(25)29(34)31-14-13-19-5-3-4-6-21(19)16-31/h3-12,15,25-26H,13-14,16-18H2,1-2H3/t25-,26+/m0/s1. The second-order valence-electron chi connectivity index (χ2n) is 9.32. The van der Waals surface area contributed by atoms with Gasteiger partial charge in [0.1, 0.15) is 11.5 Å². The van der Waals surface area contributed by atoms with Gasteiger partial charge in [0.05, 0.1) is 20.1 Å². The van der Waals surface area contributed by atoms with Gasteiger partial charge in [-0.2, -0.15) is 0 Å². The summed E-state index contributed by atoms with van der Waals surface area (Å²) < 4.78 is 11.1. The van der Waals surface area contributed by atoms with Crippen LogP contribution in [0.15, 0.2) is 66.7 Å². The molecular weight excluding hydrogens is 476 g/mol. The van der Waals surface area contributed by atoms with Crippen LogP contribution in [-0.4, -0.2) is 55.5 Å². The smallest absolute Gasteiger partial charge is 0.253 e. The van der Waals surface area contributed by atoms with Crippen molar-refractivity contribution in [2.45, 2.75) is 18.9 Å². The van der Waals surface area contributed by atoms with Crippen LogP contribution in [0.3, 0.4) is 0 Å². The van der Waals surface area contributed by atoms with Crippen molar-refractivity contribution < 1.29 is 19.1 Å². The summed E-state index contributed by atoms with van der Waals surface area (Å²) in [6.07, 6.45) is 0.829. The third-order valence-corrected chi connectivity index (χ3v) is 7.55. The summed E-state index contributed by atoms with van der Waals surface area (Å²) in [5.41, 5.74) is 3.90. The maximum Gasteiger partial charge on any atom is 0.253 e. The highest BCUT2D eigenvalue weighted by Crippen LogP contribution is 2.41. The fraction of sp³-hybridized carbons (Fsp3) is 0.310. The van der Waals surface area contributed by atoms with Crippen LogP contribution in [0.25, 0.3) is 0 Å². The van der Waals surface area contributed by atoms with E-state index >= 15 is 0 Å². The number of rotatable bonds is 5. The number of likely N-dealkylation sites (tertiary alicyclic amines) is 1. The van der Waals surface area contributed by atoms with Gasteiger partial charge in [-0.25, -0.2) is 0 Å². The summed E-state index contributed by atoms with van der Waals surface area (Å²) in [7, 11) is 3.24. The Balaban J connectivity index is 1.48. The van der Waals surface area contributed by atoms with Crippen LogP contribution in [0.2, 0.25) is 5.02 Å². The van der Waals surface area contributed by atoms with E-state index in [9.17, 15) is 9.59 Å². The minimum Gasteiger partial charge on any atom is -0.497 e. The molecule has 3 aromatic rings. The van der Waals surface area contributed by atoms with Gasteiger partial charge < -0.3 is 19.3 Å². The molecule has 5 rings (SSSR count). The molecule has 7 heteroatoms. The van der Waals surface area contributed by atoms with Crippen LogP contribution in [0.5, 0.6) is 11.5 Å². The second kappa shape index (κ2) is 10.2. The lowest BCUT2D eigenvalue weighted by molar-refractivity contribution is -0.136. The highest BCUT2D eigenvalue weighted by molar-refractivity contribution is 6.30. The third kappa shape index (κ3) is 4.65. The van der Waals surface area contributed by atoms with Crippen molar-refractivity contribution in [1.82, 2.24) is 9.80 Å². The zero-order chi connectivity index (χ0) is 25.2. The van der Waals surface area contributed by atoms with E-state index in [1.807, 2.05) is 35.2 Å². The van der Waals surface area contributed by atoms with Gasteiger partial charge in [-0.1, -0.05) is 35.9 Å². The topological polar surface area (TPSA) is 59.1 Å². The maximum absolute atomic E-state index is 14.0. The van der Waals surface area contributed by atoms with Crippen molar-refractivity contribution in [2.75, 3.05) is 33.9 Å². The number of benzene rings is 3. The lowest BCUT2D eigenvalue weighted by atomic mass is 9.86. The van der Waals surface area contributed by atoms with Crippen molar-refractivity contribution in [3.8, 4) is 11.5 Å². The summed E-state index contributed by atoms with van der Waals surface area (Å²) in [4.78, 5) is 31.1. The number of carbonyl (C=O) groups is 2. The summed E-state index contributed by atoms with van der Waals surface area (Å²) >= 11 is 6.03. The second-order valence-corrected chi connectivity index (χ2v) is 9.75. The lowest BCUT2D eigenvalue weighted by Crippen LogP contribution is -2.42. The summed E-state index contributed by atoms with van der Waals surface area (Å²) in [6, 6.07) is 20.8. The van der Waals surface area contributed by atoms with E-state index < -0.39 is 5.92 Å². The summed E-state index contributed by atoms with van der Waals surface area (Å²) in [5, 5.41) is 0.574. The zero-order valence-corrected chi connectivity index (χ0v) is 21.2. The molecular formula is C29H29ClN2O4. The van der Waals surface area contributed by atoms with Crippen molar-refractivity contribution >= 4 is 23.4 Å². The number of amides is 2. The molecule has 1 saturated heterocycles. The Bertz CT molecular complexity index is 1280. The van der Waals surface area contributed by atoms with Crippen molar-refractivity contribution in [1.29, 1.82) is 0 Å².